The highest BCUT2D eigenvalue weighted by Crippen LogP contribution is 2.28. The summed E-state index contributed by atoms with van der Waals surface area (Å²) < 4.78 is 7.91. The molecule has 2 nitrogen and oxygen atoms in total. The average molecular weight is 347 g/mol. The van der Waals surface area contributed by atoms with Gasteiger partial charge in [-0.05, 0) is 35.0 Å². The van der Waals surface area contributed by atoms with E-state index in [1.165, 1.54) is 10.1 Å². The molecule has 4 heteroatoms. The number of fused-ring (bicyclic) bond motifs is 1. The maximum atomic E-state index is 11.1. The largest absolute Gasteiger partial charge is 0.488 e. The van der Waals surface area contributed by atoms with Crippen molar-refractivity contribution in [1.29, 1.82) is 0 Å². The molecule has 0 saturated heterocycles. The van der Waals surface area contributed by atoms with Crippen LogP contribution in [0.4, 0.5) is 0 Å². The lowest BCUT2D eigenvalue weighted by molar-refractivity contribution is 0.111. The summed E-state index contributed by atoms with van der Waals surface area (Å²) in [6.07, 6.45) is 0.811. The zero-order chi connectivity index (χ0) is 13.9. The van der Waals surface area contributed by atoms with Crippen LogP contribution in [-0.4, -0.2) is 6.29 Å². The van der Waals surface area contributed by atoms with Crippen LogP contribution in [0.5, 0.6) is 5.75 Å². The molecule has 0 bridgehead atoms. The SMILES string of the molecule is O=Cc1cc(Br)ccc1OCc1csc2ccccc12. The van der Waals surface area contributed by atoms with E-state index in [9.17, 15) is 4.79 Å². The molecule has 1 aromatic heterocycles. The van der Waals surface area contributed by atoms with Crippen LogP contribution in [0.15, 0.2) is 52.3 Å². The Morgan fingerprint density at radius 3 is 2.90 bits per heavy atom. The molecule has 100 valence electrons. The molecule has 3 aromatic rings. The molecule has 20 heavy (non-hydrogen) atoms. The summed E-state index contributed by atoms with van der Waals surface area (Å²) in [7, 11) is 0. The number of hydrogen-bond acceptors (Lipinski definition) is 3. The van der Waals surface area contributed by atoms with Crippen LogP contribution in [-0.2, 0) is 6.61 Å². The monoisotopic (exact) mass is 346 g/mol. The lowest BCUT2D eigenvalue weighted by Gasteiger charge is -2.08. The van der Waals surface area contributed by atoms with Gasteiger partial charge in [0.2, 0.25) is 0 Å². The number of halogens is 1. The number of aldehydes is 1. The van der Waals surface area contributed by atoms with E-state index >= 15 is 0 Å². The first kappa shape index (κ1) is 13.3. The second kappa shape index (κ2) is 5.77. The minimum atomic E-state index is 0.465. The maximum Gasteiger partial charge on any atom is 0.153 e. The normalized spacial score (nSPS) is 10.7. The summed E-state index contributed by atoms with van der Waals surface area (Å²) in [5.74, 6) is 0.610. The van der Waals surface area contributed by atoms with E-state index in [1.807, 2.05) is 24.3 Å². The second-order valence-electron chi connectivity index (χ2n) is 4.35. The van der Waals surface area contributed by atoms with Crippen molar-refractivity contribution in [2.24, 2.45) is 0 Å². The van der Waals surface area contributed by atoms with Crippen LogP contribution in [0, 0.1) is 0 Å². The lowest BCUT2D eigenvalue weighted by atomic mass is 10.2. The Labute approximate surface area is 129 Å². The van der Waals surface area contributed by atoms with Crippen molar-refractivity contribution in [2.75, 3.05) is 0 Å². The number of thiophene rings is 1. The number of hydrogen-bond donors (Lipinski definition) is 0. The number of benzene rings is 2. The van der Waals surface area contributed by atoms with Crippen molar-refractivity contribution in [1.82, 2.24) is 0 Å². The van der Waals surface area contributed by atoms with E-state index in [2.05, 4.69) is 33.4 Å². The first-order valence-electron chi connectivity index (χ1n) is 6.10. The van der Waals surface area contributed by atoms with Crippen LogP contribution in [0.25, 0.3) is 10.1 Å². The van der Waals surface area contributed by atoms with Gasteiger partial charge in [0.15, 0.2) is 6.29 Å². The standard InChI is InChI=1S/C16H11BrO2S/c17-13-5-6-15(11(7-13)8-18)19-9-12-10-20-16-4-2-1-3-14(12)16/h1-8,10H,9H2. The molecule has 0 fully saturated rings. The Bertz CT molecular complexity index is 764. The highest BCUT2D eigenvalue weighted by Gasteiger charge is 2.07. The first-order chi connectivity index (χ1) is 9.78. The van der Waals surface area contributed by atoms with E-state index in [1.54, 1.807) is 17.4 Å². The van der Waals surface area contributed by atoms with Crippen molar-refractivity contribution < 1.29 is 9.53 Å². The zero-order valence-corrected chi connectivity index (χ0v) is 12.9. The van der Waals surface area contributed by atoms with Crippen molar-refractivity contribution in [3.05, 3.63) is 63.4 Å². The summed E-state index contributed by atoms with van der Waals surface area (Å²) in [6.45, 7) is 0.465. The molecule has 1 heterocycles. The third kappa shape index (κ3) is 2.62. The topological polar surface area (TPSA) is 26.3 Å². The Morgan fingerprint density at radius 2 is 2.05 bits per heavy atom. The molecule has 0 saturated carbocycles. The summed E-state index contributed by atoms with van der Waals surface area (Å²) in [6, 6.07) is 13.7. The smallest absolute Gasteiger partial charge is 0.153 e. The van der Waals surface area contributed by atoms with Crippen molar-refractivity contribution in [3.8, 4) is 5.75 Å². The van der Waals surface area contributed by atoms with Gasteiger partial charge in [-0.25, -0.2) is 0 Å². The molecule has 0 spiro atoms. The van der Waals surface area contributed by atoms with Crippen molar-refractivity contribution >= 4 is 43.6 Å². The van der Waals surface area contributed by atoms with E-state index in [4.69, 9.17) is 4.74 Å². The molecule has 0 radical (unpaired) electrons. The molecule has 0 unspecified atom stereocenters. The second-order valence-corrected chi connectivity index (χ2v) is 6.17. The predicted molar refractivity (Wildman–Crippen MR) is 85.7 cm³/mol. The summed E-state index contributed by atoms with van der Waals surface area (Å²) in [5, 5.41) is 3.31. The van der Waals surface area contributed by atoms with Gasteiger partial charge >= 0.3 is 0 Å². The van der Waals surface area contributed by atoms with Gasteiger partial charge in [-0.15, -0.1) is 11.3 Å². The van der Waals surface area contributed by atoms with Crippen molar-refractivity contribution in [3.63, 3.8) is 0 Å². The van der Waals surface area contributed by atoms with Gasteiger partial charge in [0.1, 0.15) is 12.4 Å². The van der Waals surface area contributed by atoms with Gasteiger partial charge in [-0.3, -0.25) is 4.79 Å². The molecular weight excluding hydrogens is 336 g/mol. The van der Waals surface area contributed by atoms with E-state index in [0.29, 0.717) is 17.9 Å². The lowest BCUT2D eigenvalue weighted by Crippen LogP contribution is -1.97. The molecule has 0 amide bonds. The van der Waals surface area contributed by atoms with E-state index in [-0.39, 0.29) is 0 Å². The van der Waals surface area contributed by atoms with Gasteiger partial charge in [0.25, 0.3) is 0 Å². The predicted octanol–water partition coefficient (Wildman–Crippen LogP) is 5.06. The summed E-state index contributed by atoms with van der Waals surface area (Å²) in [4.78, 5) is 11.1. The van der Waals surface area contributed by atoms with Crippen LogP contribution in [0.1, 0.15) is 15.9 Å². The molecule has 2 aromatic carbocycles. The van der Waals surface area contributed by atoms with Gasteiger partial charge < -0.3 is 4.74 Å². The molecule has 0 N–H and O–H groups in total. The minimum Gasteiger partial charge on any atom is -0.488 e. The highest BCUT2D eigenvalue weighted by molar-refractivity contribution is 9.10. The summed E-state index contributed by atoms with van der Waals surface area (Å²) in [5.41, 5.74) is 1.70. The van der Waals surface area contributed by atoms with Crippen molar-refractivity contribution in [2.45, 2.75) is 6.61 Å². The Balaban J connectivity index is 1.85. The molecule has 0 aliphatic rings. The highest BCUT2D eigenvalue weighted by atomic mass is 79.9. The third-order valence-corrected chi connectivity index (χ3v) is 4.55. The quantitative estimate of drug-likeness (QED) is 0.617. The minimum absolute atomic E-state index is 0.465. The zero-order valence-electron chi connectivity index (χ0n) is 10.5. The van der Waals surface area contributed by atoms with E-state index < -0.39 is 0 Å². The Morgan fingerprint density at radius 1 is 1.20 bits per heavy atom. The van der Waals surface area contributed by atoms with Crippen LogP contribution in [0.2, 0.25) is 0 Å². The number of carbonyl (C=O) groups is 1. The fraction of sp³-hybridized carbons (Fsp3) is 0.0625. The molecule has 0 aliphatic heterocycles. The number of ether oxygens (including phenoxy) is 1. The first-order valence-corrected chi connectivity index (χ1v) is 7.78. The van der Waals surface area contributed by atoms with Crippen LogP contribution >= 0.6 is 27.3 Å². The Kier molecular flexibility index (Phi) is 3.85. The Hall–Kier alpha value is -1.65. The summed E-state index contributed by atoms with van der Waals surface area (Å²) >= 11 is 5.05. The molecule has 0 atom stereocenters. The molecule has 0 aliphatic carbocycles. The van der Waals surface area contributed by atoms with Crippen LogP contribution < -0.4 is 4.74 Å². The fourth-order valence-corrected chi connectivity index (χ4v) is 3.37. The van der Waals surface area contributed by atoms with Gasteiger partial charge in [0.05, 0.1) is 5.56 Å². The van der Waals surface area contributed by atoms with Gasteiger partial charge in [-0.1, -0.05) is 34.1 Å². The van der Waals surface area contributed by atoms with Gasteiger partial charge in [0, 0.05) is 14.7 Å². The molecular formula is C16H11BrO2S. The third-order valence-electron chi connectivity index (χ3n) is 3.04. The van der Waals surface area contributed by atoms with E-state index in [0.717, 1.165) is 16.3 Å². The average Bonchev–Trinajstić information content (AvgIpc) is 2.89. The van der Waals surface area contributed by atoms with Gasteiger partial charge in [-0.2, -0.15) is 0 Å². The van der Waals surface area contributed by atoms with Crippen LogP contribution in [0.3, 0.4) is 0 Å². The molecule has 3 rings (SSSR count). The number of carbonyl (C=O) groups excluding carboxylic acids is 1. The number of rotatable bonds is 4. The fourth-order valence-electron chi connectivity index (χ4n) is 2.04. The maximum absolute atomic E-state index is 11.1.